The van der Waals surface area contributed by atoms with Gasteiger partial charge in [0.15, 0.2) is 0 Å². The molecule has 0 atom stereocenters. The van der Waals surface area contributed by atoms with Crippen LogP contribution in [0.1, 0.15) is 13.8 Å². The first-order chi connectivity index (χ1) is 4.72. The van der Waals surface area contributed by atoms with E-state index in [9.17, 15) is 4.79 Å². The molecule has 56 valence electrons. The highest BCUT2D eigenvalue weighted by Gasteiger charge is 1.96. The molecule has 0 rings (SSSR count). The van der Waals surface area contributed by atoms with Gasteiger partial charge < -0.3 is 5.32 Å². The first-order valence-corrected chi connectivity index (χ1v) is 3.09. The minimum atomic E-state index is -0.0920. The summed E-state index contributed by atoms with van der Waals surface area (Å²) >= 11 is 0. The zero-order valence-corrected chi connectivity index (χ0v) is 6.51. The van der Waals surface area contributed by atoms with Crippen LogP contribution in [0.5, 0.6) is 0 Å². The zero-order valence-electron chi connectivity index (χ0n) is 6.51. The monoisotopic (exact) mass is 140 g/mol. The zero-order chi connectivity index (χ0) is 7.98. The third-order valence-electron chi connectivity index (χ3n) is 1.00. The molecule has 1 N–H and O–H groups in total. The number of aliphatic imine (C=N–C) groups is 1. The summed E-state index contributed by atoms with van der Waals surface area (Å²) in [6.07, 6.45) is 3.16. The molecule has 0 aromatic heterocycles. The highest BCUT2D eigenvalue weighted by Crippen LogP contribution is 1.90. The van der Waals surface area contributed by atoms with Crippen molar-refractivity contribution < 1.29 is 4.79 Å². The standard InChI is InChI=1S/C7H12N2O/c1-4-9-5-6(2)7(10)8-3/h4-5H,1-3H3,(H,8,10)/b6-5+,9-4-. The Hall–Kier alpha value is -1.12. The molecule has 3 nitrogen and oxygen atoms in total. The summed E-state index contributed by atoms with van der Waals surface area (Å²) in [5.74, 6) is -0.0920. The Kier molecular flexibility index (Phi) is 4.20. The van der Waals surface area contributed by atoms with E-state index in [1.54, 1.807) is 27.1 Å². The molecular weight excluding hydrogens is 128 g/mol. The second kappa shape index (κ2) is 4.73. The van der Waals surface area contributed by atoms with E-state index in [4.69, 9.17) is 0 Å². The van der Waals surface area contributed by atoms with Gasteiger partial charge in [-0.05, 0) is 13.8 Å². The summed E-state index contributed by atoms with van der Waals surface area (Å²) in [7, 11) is 1.59. The highest BCUT2D eigenvalue weighted by atomic mass is 16.1. The van der Waals surface area contributed by atoms with Crippen molar-refractivity contribution in [2.45, 2.75) is 13.8 Å². The van der Waals surface area contributed by atoms with Crippen LogP contribution >= 0.6 is 0 Å². The summed E-state index contributed by atoms with van der Waals surface area (Å²) in [6.45, 7) is 3.51. The first kappa shape index (κ1) is 8.88. The number of carbonyl (C=O) groups is 1. The average Bonchev–Trinajstić information content (AvgIpc) is 1.98. The second-order valence-corrected chi connectivity index (χ2v) is 1.80. The Balaban J connectivity index is 4.05. The van der Waals surface area contributed by atoms with Gasteiger partial charge in [-0.2, -0.15) is 0 Å². The lowest BCUT2D eigenvalue weighted by atomic mass is 10.3. The highest BCUT2D eigenvalue weighted by molar-refractivity contribution is 5.92. The molecule has 0 saturated carbocycles. The van der Waals surface area contributed by atoms with Gasteiger partial charge in [0.25, 0.3) is 0 Å². The van der Waals surface area contributed by atoms with Gasteiger partial charge in [0.1, 0.15) is 0 Å². The van der Waals surface area contributed by atoms with Crippen molar-refractivity contribution in [1.29, 1.82) is 0 Å². The largest absolute Gasteiger partial charge is 0.355 e. The number of nitrogens with one attached hydrogen (secondary N) is 1. The molecule has 0 bridgehead atoms. The molecule has 0 aromatic rings. The Morgan fingerprint density at radius 3 is 2.60 bits per heavy atom. The maximum atomic E-state index is 10.8. The molecule has 0 aliphatic carbocycles. The molecule has 3 heteroatoms. The van der Waals surface area contributed by atoms with E-state index in [2.05, 4.69) is 10.3 Å². The summed E-state index contributed by atoms with van der Waals surface area (Å²) in [5, 5.41) is 2.49. The van der Waals surface area contributed by atoms with E-state index >= 15 is 0 Å². The van der Waals surface area contributed by atoms with Gasteiger partial charge in [0.05, 0.1) is 0 Å². The average molecular weight is 140 g/mol. The lowest BCUT2D eigenvalue weighted by Crippen LogP contribution is -2.18. The SMILES string of the molecule is C/C=N\C=C(/C)C(=O)NC. The summed E-state index contributed by atoms with van der Waals surface area (Å²) in [4.78, 5) is 14.6. The molecule has 0 fully saturated rings. The number of hydrogen-bond acceptors (Lipinski definition) is 2. The van der Waals surface area contributed by atoms with Crippen LogP contribution in [0.25, 0.3) is 0 Å². The Labute approximate surface area is 60.8 Å². The van der Waals surface area contributed by atoms with Crippen LogP contribution in [0.15, 0.2) is 16.8 Å². The van der Waals surface area contributed by atoms with Crippen molar-refractivity contribution in [1.82, 2.24) is 5.32 Å². The fourth-order valence-corrected chi connectivity index (χ4v) is 0.442. The van der Waals surface area contributed by atoms with E-state index in [1.165, 1.54) is 6.20 Å². The van der Waals surface area contributed by atoms with Crippen molar-refractivity contribution in [2.24, 2.45) is 4.99 Å². The van der Waals surface area contributed by atoms with Crippen LogP contribution in [0.3, 0.4) is 0 Å². The van der Waals surface area contributed by atoms with E-state index in [0.29, 0.717) is 5.57 Å². The number of amides is 1. The Morgan fingerprint density at radius 2 is 2.20 bits per heavy atom. The maximum Gasteiger partial charge on any atom is 0.248 e. The molecule has 0 unspecified atom stereocenters. The minimum Gasteiger partial charge on any atom is -0.355 e. The summed E-state index contributed by atoms with van der Waals surface area (Å²) < 4.78 is 0. The predicted molar refractivity (Wildman–Crippen MR) is 42.0 cm³/mol. The van der Waals surface area contributed by atoms with Crippen LogP contribution in [-0.4, -0.2) is 19.2 Å². The molecule has 0 spiro atoms. The number of likely N-dealkylation sites (N-methyl/N-ethyl adjacent to an activating group) is 1. The van der Waals surface area contributed by atoms with Gasteiger partial charge in [-0.25, -0.2) is 0 Å². The van der Waals surface area contributed by atoms with Gasteiger partial charge >= 0.3 is 0 Å². The van der Waals surface area contributed by atoms with E-state index in [0.717, 1.165) is 0 Å². The van der Waals surface area contributed by atoms with Crippen molar-refractivity contribution in [3.8, 4) is 0 Å². The number of nitrogens with zero attached hydrogens (tertiary/aromatic N) is 1. The molecule has 0 aromatic carbocycles. The molecule has 0 aliphatic heterocycles. The van der Waals surface area contributed by atoms with Gasteiger partial charge in [-0.1, -0.05) is 0 Å². The summed E-state index contributed by atoms with van der Waals surface area (Å²) in [5.41, 5.74) is 0.612. The van der Waals surface area contributed by atoms with Crippen molar-refractivity contribution in [2.75, 3.05) is 7.05 Å². The number of rotatable bonds is 2. The van der Waals surface area contributed by atoms with Crippen molar-refractivity contribution in [3.05, 3.63) is 11.8 Å². The minimum absolute atomic E-state index is 0.0920. The first-order valence-electron chi connectivity index (χ1n) is 3.09. The van der Waals surface area contributed by atoms with Crippen LogP contribution in [0.4, 0.5) is 0 Å². The lowest BCUT2D eigenvalue weighted by molar-refractivity contribution is -0.117. The molecule has 0 aliphatic rings. The summed E-state index contributed by atoms with van der Waals surface area (Å²) in [6, 6.07) is 0. The normalized spacial score (nSPS) is 12.1. The Bertz CT molecular complexity index is 170. The number of hydrogen-bond donors (Lipinski definition) is 1. The van der Waals surface area contributed by atoms with E-state index in [1.807, 2.05) is 0 Å². The van der Waals surface area contributed by atoms with Gasteiger partial charge in [0.2, 0.25) is 5.91 Å². The molecule has 0 radical (unpaired) electrons. The van der Waals surface area contributed by atoms with E-state index in [-0.39, 0.29) is 5.91 Å². The van der Waals surface area contributed by atoms with E-state index < -0.39 is 0 Å². The topological polar surface area (TPSA) is 41.5 Å². The molecule has 10 heavy (non-hydrogen) atoms. The second-order valence-electron chi connectivity index (χ2n) is 1.80. The van der Waals surface area contributed by atoms with Crippen LogP contribution in [0, 0.1) is 0 Å². The maximum absolute atomic E-state index is 10.8. The fourth-order valence-electron chi connectivity index (χ4n) is 0.442. The van der Waals surface area contributed by atoms with Crippen LogP contribution < -0.4 is 5.32 Å². The van der Waals surface area contributed by atoms with Gasteiger partial charge in [-0.3, -0.25) is 9.79 Å². The predicted octanol–water partition coefficient (Wildman–Crippen LogP) is 0.727. The smallest absolute Gasteiger partial charge is 0.248 e. The van der Waals surface area contributed by atoms with Crippen molar-refractivity contribution >= 4 is 12.1 Å². The Morgan fingerprint density at radius 1 is 1.60 bits per heavy atom. The quantitative estimate of drug-likeness (QED) is 0.446. The number of carbonyl (C=O) groups excluding carboxylic acids is 1. The lowest BCUT2D eigenvalue weighted by Gasteiger charge is -1.94. The van der Waals surface area contributed by atoms with Crippen LogP contribution in [-0.2, 0) is 4.79 Å². The third kappa shape index (κ3) is 3.02. The molecule has 0 heterocycles. The van der Waals surface area contributed by atoms with Crippen LogP contribution in [0.2, 0.25) is 0 Å². The third-order valence-corrected chi connectivity index (χ3v) is 1.00. The molecule has 1 amide bonds. The molecular formula is C7H12N2O. The van der Waals surface area contributed by atoms with Gasteiger partial charge in [-0.15, -0.1) is 0 Å². The fraction of sp³-hybridized carbons (Fsp3) is 0.429. The molecule has 0 saturated heterocycles. The van der Waals surface area contributed by atoms with Crippen molar-refractivity contribution in [3.63, 3.8) is 0 Å². The van der Waals surface area contributed by atoms with Gasteiger partial charge in [0, 0.05) is 25.0 Å².